The maximum atomic E-state index is 8.19. The van der Waals surface area contributed by atoms with Crippen molar-refractivity contribution in [3.8, 4) is 6.07 Å². The molecular weight excluding hydrogens is 114 g/mol. The minimum atomic E-state index is 0.150. The molecule has 1 heterocycles. The summed E-state index contributed by atoms with van der Waals surface area (Å²) in [7, 11) is 0. The summed E-state index contributed by atoms with van der Waals surface area (Å²) in [5.41, 5.74) is 0.150. The van der Waals surface area contributed by atoms with E-state index in [1.54, 1.807) is 0 Å². The predicted molar refractivity (Wildman–Crippen MR) is 33.8 cm³/mol. The predicted octanol–water partition coefficient (Wildman–Crippen LogP) is 1.47. The minimum absolute atomic E-state index is 0.150. The third kappa shape index (κ3) is 2.03. The van der Waals surface area contributed by atoms with Gasteiger partial charge in [-0.2, -0.15) is 5.26 Å². The zero-order valence-corrected chi connectivity index (χ0v) is 5.68. The summed E-state index contributed by atoms with van der Waals surface area (Å²) >= 11 is 0. The molecule has 1 unspecified atom stereocenters. The first kappa shape index (κ1) is 6.57. The molecule has 1 aliphatic heterocycles. The first-order valence-corrected chi connectivity index (χ1v) is 3.28. The zero-order chi connectivity index (χ0) is 6.74. The molecule has 2 nitrogen and oxygen atoms in total. The van der Waals surface area contributed by atoms with Crippen molar-refractivity contribution in [2.75, 3.05) is 6.61 Å². The summed E-state index contributed by atoms with van der Waals surface area (Å²) in [6.45, 7) is 2.98. The van der Waals surface area contributed by atoms with Gasteiger partial charge < -0.3 is 4.74 Å². The van der Waals surface area contributed by atoms with Crippen molar-refractivity contribution in [3.63, 3.8) is 0 Å². The molecule has 1 aliphatic rings. The third-order valence-electron chi connectivity index (χ3n) is 1.63. The van der Waals surface area contributed by atoms with Crippen LogP contribution in [-0.2, 0) is 4.74 Å². The molecular formula is C7H11NO. The number of nitrogens with zero attached hydrogens (tertiary/aromatic N) is 1. The van der Waals surface area contributed by atoms with Gasteiger partial charge in [-0.25, -0.2) is 0 Å². The van der Waals surface area contributed by atoms with Crippen LogP contribution in [0.15, 0.2) is 0 Å². The highest BCUT2D eigenvalue weighted by Crippen LogP contribution is 2.31. The summed E-state index contributed by atoms with van der Waals surface area (Å²) in [6.07, 6.45) is 2.69. The van der Waals surface area contributed by atoms with Crippen LogP contribution in [0.5, 0.6) is 0 Å². The fourth-order valence-electron chi connectivity index (χ4n) is 0.809. The molecule has 0 saturated carbocycles. The van der Waals surface area contributed by atoms with Gasteiger partial charge in [0.05, 0.1) is 18.3 Å². The standard InChI is InChI=1S/C7H11NO/c1-7(6-9-7)4-2-3-5-8/h2-4,6H2,1H3. The highest BCUT2D eigenvalue weighted by molar-refractivity contribution is 4.87. The van der Waals surface area contributed by atoms with Crippen molar-refractivity contribution >= 4 is 0 Å². The molecule has 9 heavy (non-hydrogen) atoms. The topological polar surface area (TPSA) is 36.3 Å². The second-order valence-corrected chi connectivity index (χ2v) is 2.75. The van der Waals surface area contributed by atoms with Gasteiger partial charge in [0.15, 0.2) is 0 Å². The molecule has 0 N–H and O–H groups in total. The molecule has 0 aromatic rings. The molecule has 0 spiro atoms. The number of nitriles is 1. The van der Waals surface area contributed by atoms with E-state index in [-0.39, 0.29) is 5.60 Å². The molecule has 0 bridgehead atoms. The van der Waals surface area contributed by atoms with E-state index in [0.29, 0.717) is 6.42 Å². The summed E-state index contributed by atoms with van der Waals surface area (Å²) in [5.74, 6) is 0. The lowest BCUT2D eigenvalue weighted by molar-refractivity contribution is 0.305. The van der Waals surface area contributed by atoms with Crippen LogP contribution in [0.2, 0.25) is 0 Å². The van der Waals surface area contributed by atoms with E-state index in [9.17, 15) is 0 Å². The highest BCUT2D eigenvalue weighted by atomic mass is 16.6. The third-order valence-corrected chi connectivity index (χ3v) is 1.63. The second kappa shape index (κ2) is 2.36. The van der Waals surface area contributed by atoms with E-state index in [4.69, 9.17) is 10.00 Å². The number of unbranched alkanes of at least 4 members (excludes halogenated alkanes) is 1. The Balaban J connectivity index is 2.00. The van der Waals surface area contributed by atoms with Gasteiger partial charge in [-0.1, -0.05) is 0 Å². The largest absolute Gasteiger partial charge is 0.370 e. The van der Waals surface area contributed by atoms with Gasteiger partial charge in [-0.15, -0.1) is 0 Å². The van der Waals surface area contributed by atoms with E-state index < -0.39 is 0 Å². The summed E-state index contributed by atoms with van der Waals surface area (Å²) in [4.78, 5) is 0. The quantitative estimate of drug-likeness (QED) is 0.423. The Kier molecular flexibility index (Phi) is 1.73. The summed E-state index contributed by atoms with van der Waals surface area (Å²) < 4.78 is 5.13. The fourth-order valence-corrected chi connectivity index (χ4v) is 0.809. The number of rotatable bonds is 3. The van der Waals surface area contributed by atoms with Crippen molar-refractivity contribution in [2.24, 2.45) is 0 Å². The van der Waals surface area contributed by atoms with Crippen LogP contribution in [0.4, 0.5) is 0 Å². The molecule has 0 aromatic carbocycles. The van der Waals surface area contributed by atoms with Crippen LogP contribution in [-0.4, -0.2) is 12.2 Å². The van der Waals surface area contributed by atoms with Crippen molar-refractivity contribution in [3.05, 3.63) is 0 Å². The van der Waals surface area contributed by atoms with E-state index in [1.807, 2.05) is 0 Å². The van der Waals surface area contributed by atoms with Gasteiger partial charge >= 0.3 is 0 Å². The van der Waals surface area contributed by atoms with Crippen LogP contribution >= 0.6 is 0 Å². The first-order valence-electron chi connectivity index (χ1n) is 3.28. The second-order valence-electron chi connectivity index (χ2n) is 2.75. The number of hydrogen-bond donors (Lipinski definition) is 0. The molecule has 2 heteroatoms. The zero-order valence-electron chi connectivity index (χ0n) is 5.68. The summed E-state index contributed by atoms with van der Waals surface area (Å²) in [6, 6.07) is 2.11. The number of epoxide rings is 1. The van der Waals surface area contributed by atoms with E-state index in [2.05, 4.69) is 13.0 Å². The average molecular weight is 125 g/mol. The molecule has 0 aliphatic carbocycles. The maximum absolute atomic E-state index is 8.19. The van der Waals surface area contributed by atoms with Gasteiger partial charge in [-0.05, 0) is 19.8 Å². The fraction of sp³-hybridized carbons (Fsp3) is 0.857. The van der Waals surface area contributed by atoms with Crippen molar-refractivity contribution in [1.82, 2.24) is 0 Å². The number of ether oxygens (including phenoxy) is 1. The molecule has 1 atom stereocenters. The van der Waals surface area contributed by atoms with E-state index in [1.165, 1.54) is 0 Å². The van der Waals surface area contributed by atoms with Gasteiger partial charge in [0.2, 0.25) is 0 Å². The average Bonchev–Trinajstić information content (AvgIpc) is 2.50. The summed E-state index contributed by atoms with van der Waals surface area (Å²) in [5, 5.41) is 8.19. The van der Waals surface area contributed by atoms with Crippen LogP contribution in [0.3, 0.4) is 0 Å². The van der Waals surface area contributed by atoms with Gasteiger partial charge in [-0.3, -0.25) is 0 Å². The Hall–Kier alpha value is -0.550. The Morgan fingerprint density at radius 1 is 1.78 bits per heavy atom. The first-order chi connectivity index (χ1) is 4.27. The Bertz CT molecular complexity index is 132. The maximum Gasteiger partial charge on any atom is 0.0889 e. The van der Waals surface area contributed by atoms with Gasteiger partial charge in [0, 0.05) is 6.42 Å². The van der Waals surface area contributed by atoms with Crippen LogP contribution in [0.25, 0.3) is 0 Å². The lowest BCUT2D eigenvalue weighted by atomic mass is 10.1. The van der Waals surface area contributed by atoms with Crippen LogP contribution in [0, 0.1) is 11.3 Å². The van der Waals surface area contributed by atoms with E-state index in [0.717, 1.165) is 19.4 Å². The van der Waals surface area contributed by atoms with E-state index >= 15 is 0 Å². The van der Waals surface area contributed by atoms with Crippen LogP contribution in [0.1, 0.15) is 26.2 Å². The lowest BCUT2D eigenvalue weighted by Gasteiger charge is -1.99. The molecule has 1 saturated heterocycles. The number of hydrogen-bond acceptors (Lipinski definition) is 2. The Labute approximate surface area is 55.4 Å². The Morgan fingerprint density at radius 3 is 2.89 bits per heavy atom. The Morgan fingerprint density at radius 2 is 2.44 bits per heavy atom. The molecule has 0 radical (unpaired) electrons. The van der Waals surface area contributed by atoms with Crippen molar-refractivity contribution in [2.45, 2.75) is 31.8 Å². The van der Waals surface area contributed by atoms with Gasteiger partial charge in [0.1, 0.15) is 0 Å². The lowest BCUT2D eigenvalue weighted by Crippen LogP contribution is -2.02. The molecule has 1 rings (SSSR count). The highest BCUT2D eigenvalue weighted by Gasteiger charge is 2.37. The minimum Gasteiger partial charge on any atom is -0.370 e. The van der Waals surface area contributed by atoms with Crippen molar-refractivity contribution < 1.29 is 4.74 Å². The molecule has 50 valence electrons. The normalized spacial score (nSPS) is 31.6. The monoisotopic (exact) mass is 125 g/mol. The van der Waals surface area contributed by atoms with Gasteiger partial charge in [0.25, 0.3) is 0 Å². The molecule has 0 amide bonds. The smallest absolute Gasteiger partial charge is 0.0889 e. The molecule has 0 aromatic heterocycles. The van der Waals surface area contributed by atoms with Crippen LogP contribution < -0.4 is 0 Å². The molecule has 1 fully saturated rings. The SMILES string of the molecule is CC1(CCCC#N)CO1. The van der Waals surface area contributed by atoms with Crippen molar-refractivity contribution in [1.29, 1.82) is 5.26 Å².